The molecule has 2 aromatic heterocycles. The molecule has 4 heteroatoms. The molecule has 0 aliphatic heterocycles. The lowest BCUT2D eigenvalue weighted by atomic mass is 10.1. The Balaban J connectivity index is 1.69. The SMILES string of the molecule is O=c1c2cc(Nc3ccccn3)ccc2ccc2ncc(-c3ccccc3)cc12. The highest BCUT2D eigenvalue weighted by molar-refractivity contribution is 5.94. The van der Waals surface area contributed by atoms with Crippen molar-refractivity contribution in [2.24, 2.45) is 0 Å². The minimum absolute atomic E-state index is 0.0325. The molecule has 0 spiro atoms. The van der Waals surface area contributed by atoms with Crippen LogP contribution in [0.2, 0.25) is 0 Å². The smallest absolute Gasteiger partial charge is 0.195 e. The van der Waals surface area contributed by atoms with Crippen molar-refractivity contribution in [3.8, 4) is 11.1 Å². The van der Waals surface area contributed by atoms with Gasteiger partial charge < -0.3 is 5.32 Å². The van der Waals surface area contributed by atoms with E-state index in [-0.39, 0.29) is 5.43 Å². The molecule has 0 aliphatic rings. The molecule has 2 heterocycles. The Morgan fingerprint density at radius 1 is 0.690 bits per heavy atom. The Hall–Kier alpha value is -4.05. The van der Waals surface area contributed by atoms with Crippen LogP contribution >= 0.6 is 0 Å². The molecule has 0 atom stereocenters. The van der Waals surface area contributed by atoms with E-state index in [1.807, 2.05) is 91.1 Å². The van der Waals surface area contributed by atoms with Crippen LogP contribution in [0.4, 0.5) is 11.5 Å². The minimum Gasteiger partial charge on any atom is -0.340 e. The van der Waals surface area contributed by atoms with Gasteiger partial charge in [0.05, 0.1) is 5.52 Å². The molecule has 0 amide bonds. The highest BCUT2D eigenvalue weighted by atomic mass is 16.1. The van der Waals surface area contributed by atoms with Crippen LogP contribution in [0.3, 0.4) is 0 Å². The summed E-state index contributed by atoms with van der Waals surface area (Å²) in [6.45, 7) is 0. The van der Waals surface area contributed by atoms with Crippen molar-refractivity contribution in [1.82, 2.24) is 9.97 Å². The Kier molecular flexibility index (Phi) is 4.22. The Morgan fingerprint density at radius 2 is 1.52 bits per heavy atom. The van der Waals surface area contributed by atoms with Gasteiger partial charge in [0.25, 0.3) is 0 Å². The van der Waals surface area contributed by atoms with Gasteiger partial charge in [0.15, 0.2) is 5.43 Å². The molecule has 0 radical (unpaired) electrons. The van der Waals surface area contributed by atoms with Gasteiger partial charge in [0.2, 0.25) is 0 Å². The number of nitrogens with zero attached hydrogens (tertiary/aromatic N) is 2. The highest BCUT2D eigenvalue weighted by Crippen LogP contribution is 2.24. The third kappa shape index (κ3) is 3.32. The van der Waals surface area contributed by atoms with E-state index in [1.54, 1.807) is 6.20 Å². The zero-order valence-corrected chi connectivity index (χ0v) is 15.5. The summed E-state index contributed by atoms with van der Waals surface area (Å²) in [6.07, 6.45) is 3.54. The average Bonchev–Trinajstić information content (AvgIpc) is 2.92. The van der Waals surface area contributed by atoms with Gasteiger partial charge in [-0.1, -0.05) is 48.5 Å². The molecule has 0 unspecified atom stereocenters. The summed E-state index contributed by atoms with van der Waals surface area (Å²) >= 11 is 0. The molecule has 0 aliphatic carbocycles. The summed E-state index contributed by atoms with van der Waals surface area (Å²) in [4.78, 5) is 22.2. The quantitative estimate of drug-likeness (QED) is 0.449. The number of aromatic nitrogens is 2. The fraction of sp³-hybridized carbons (Fsp3) is 0. The predicted molar refractivity (Wildman–Crippen MR) is 118 cm³/mol. The number of anilines is 2. The topological polar surface area (TPSA) is 54.9 Å². The van der Waals surface area contributed by atoms with E-state index in [0.717, 1.165) is 28.0 Å². The van der Waals surface area contributed by atoms with E-state index in [2.05, 4.69) is 15.3 Å². The molecule has 1 N–H and O–H groups in total. The summed E-state index contributed by atoms with van der Waals surface area (Å²) < 4.78 is 0. The zero-order chi connectivity index (χ0) is 19.6. The Labute approximate surface area is 167 Å². The molecular weight excluding hydrogens is 358 g/mol. The van der Waals surface area contributed by atoms with Crippen LogP contribution in [-0.2, 0) is 0 Å². The Morgan fingerprint density at radius 3 is 2.34 bits per heavy atom. The van der Waals surface area contributed by atoms with Crippen LogP contribution in [0.25, 0.3) is 32.8 Å². The van der Waals surface area contributed by atoms with Gasteiger partial charge in [-0.2, -0.15) is 0 Å². The van der Waals surface area contributed by atoms with Gasteiger partial charge in [-0.25, -0.2) is 4.98 Å². The summed E-state index contributed by atoms with van der Waals surface area (Å²) in [6, 6.07) is 27.2. The van der Waals surface area contributed by atoms with Gasteiger partial charge in [-0.15, -0.1) is 0 Å². The van der Waals surface area contributed by atoms with Gasteiger partial charge in [0, 0.05) is 34.4 Å². The fourth-order valence-electron chi connectivity index (χ4n) is 3.45. The molecule has 3 aromatic carbocycles. The van der Waals surface area contributed by atoms with Gasteiger partial charge in [-0.3, -0.25) is 9.78 Å². The monoisotopic (exact) mass is 375 g/mol. The maximum absolute atomic E-state index is 13.4. The number of benzene rings is 2. The van der Waals surface area contributed by atoms with Crippen molar-refractivity contribution < 1.29 is 0 Å². The number of pyridine rings is 2. The van der Waals surface area contributed by atoms with E-state index in [0.29, 0.717) is 16.3 Å². The lowest BCUT2D eigenvalue weighted by Crippen LogP contribution is -2.01. The summed E-state index contributed by atoms with van der Waals surface area (Å²) in [5, 5.41) is 5.38. The predicted octanol–water partition coefficient (Wildman–Crippen LogP) is 5.55. The lowest BCUT2D eigenvalue weighted by Gasteiger charge is -2.05. The van der Waals surface area contributed by atoms with Gasteiger partial charge in [-0.05, 0) is 47.3 Å². The zero-order valence-electron chi connectivity index (χ0n) is 15.5. The number of fused-ring (bicyclic) bond motifs is 2. The largest absolute Gasteiger partial charge is 0.340 e. The lowest BCUT2D eigenvalue weighted by molar-refractivity contribution is 1.31. The Bertz CT molecular complexity index is 1380. The second kappa shape index (κ2) is 7.17. The third-order valence-electron chi connectivity index (χ3n) is 4.93. The molecule has 5 rings (SSSR count). The van der Waals surface area contributed by atoms with E-state index in [9.17, 15) is 4.79 Å². The summed E-state index contributed by atoms with van der Waals surface area (Å²) in [7, 11) is 0. The first-order chi connectivity index (χ1) is 14.3. The van der Waals surface area contributed by atoms with Crippen molar-refractivity contribution in [3.05, 3.63) is 108 Å². The highest BCUT2D eigenvalue weighted by Gasteiger charge is 2.07. The summed E-state index contributed by atoms with van der Waals surface area (Å²) in [5.74, 6) is 0.734. The van der Waals surface area contributed by atoms with Gasteiger partial charge in [0.1, 0.15) is 5.82 Å². The van der Waals surface area contributed by atoms with E-state index in [1.165, 1.54) is 0 Å². The number of hydrogen-bond acceptors (Lipinski definition) is 4. The number of nitrogens with one attached hydrogen (secondary N) is 1. The molecule has 5 aromatic rings. The van der Waals surface area contributed by atoms with Crippen LogP contribution in [0.5, 0.6) is 0 Å². The van der Waals surface area contributed by atoms with E-state index >= 15 is 0 Å². The standard InChI is InChI=1S/C25H17N3O/c29-25-21-15-20(28-24-8-4-5-13-26-24)11-9-18(21)10-12-23-22(25)14-19(16-27-23)17-6-2-1-3-7-17/h1-16H,(H,26,28). The molecule has 0 saturated carbocycles. The van der Waals surface area contributed by atoms with E-state index in [4.69, 9.17) is 0 Å². The molecule has 0 bridgehead atoms. The maximum Gasteiger partial charge on any atom is 0.195 e. The molecular formula is C25H17N3O. The van der Waals surface area contributed by atoms with Gasteiger partial charge >= 0.3 is 0 Å². The normalized spacial score (nSPS) is 10.9. The number of hydrogen-bond donors (Lipinski definition) is 1. The van der Waals surface area contributed by atoms with Crippen LogP contribution in [-0.4, -0.2) is 9.97 Å². The first-order valence-corrected chi connectivity index (χ1v) is 9.38. The van der Waals surface area contributed by atoms with Crippen LogP contribution in [0.1, 0.15) is 0 Å². The van der Waals surface area contributed by atoms with Crippen LogP contribution in [0.15, 0.2) is 102 Å². The van der Waals surface area contributed by atoms with Crippen molar-refractivity contribution in [1.29, 1.82) is 0 Å². The van der Waals surface area contributed by atoms with Crippen LogP contribution < -0.4 is 10.7 Å². The molecule has 4 nitrogen and oxygen atoms in total. The maximum atomic E-state index is 13.4. The van der Waals surface area contributed by atoms with Crippen LogP contribution in [0, 0.1) is 0 Å². The first kappa shape index (κ1) is 17.1. The van der Waals surface area contributed by atoms with Crippen molar-refractivity contribution >= 4 is 33.2 Å². The van der Waals surface area contributed by atoms with Crippen molar-refractivity contribution in [3.63, 3.8) is 0 Å². The van der Waals surface area contributed by atoms with E-state index < -0.39 is 0 Å². The molecule has 138 valence electrons. The second-order valence-electron chi connectivity index (χ2n) is 6.83. The molecule has 29 heavy (non-hydrogen) atoms. The minimum atomic E-state index is -0.0325. The second-order valence-corrected chi connectivity index (χ2v) is 6.83. The van der Waals surface area contributed by atoms with Crippen molar-refractivity contribution in [2.75, 3.05) is 5.32 Å². The summed E-state index contributed by atoms with van der Waals surface area (Å²) in [5.41, 5.74) is 3.44. The first-order valence-electron chi connectivity index (χ1n) is 9.38. The number of rotatable bonds is 3. The molecule has 0 fully saturated rings. The van der Waals surface area contributed by atoms with Crippen molar-refractivity contribution in [2.45, 2.75) is 0 Å². The molecule has 0 saturated heterocycles. The third-order valence-corrected chi connectivity index (χ3v) is 4.93. The average molecular weight is 375 g/mol. The fourth-order valence-corrected chi connectivity index (χ4v) is 3.45.